The summed E-state index contributed by atoms with van der Waals surface area (Å²) in [5.74, 6) is 0.319. The van der Waals surface area contributed by atoms with Crippen LogP contribution < -0.4 is 0 Å². The van der Waals surface area contributed by atoms with E-state index in [-0.39, 0.29) is 24.0 Å². The maximum absolute atomic E-state index is 12.2. The third kappa shape index (κ3) is 1.91. The van der Waals surface area contributed by atoms with Crippen molar-refractivity contribution in [2.75, 3.05) is 6.54 Å². The summed E-state index contributed by atoms with van der Waals surface area (Å²) in [5, 5.41) is 9.38. The lowest BCUT2D eigenvalue weighted by molar-refractivity contribution is 0.0169. The third-order valence-corrected chi connectivity index (χ3v) is 3.97. The number of nitriles is 1. The lowest BCUT2D eigenvalue weighted by Crippen LogP contribution is -2.42. The lowest BCUT2D eigenvalue weighted by Gasteiger charge is -2.27. The topological polar surface area (TPSA) is 62.6 Å². The highest BCUT2D eigenvalue weighted by Gasteiger charge is 2.57. The smallest absolute Gasteiger partial charge is 0.411 e. The third-order valence-electron chi connectivity index (χ3n) is 3.97. The van der Waals surface area contributed by atoms with Gasteiger partial charge in [0, 0.05) is 18.4 Å². The summed E-state index contributed by atoms with van der Waals surface area (Å²) in [6, 6.07) is 1.80. The number of hydrogen-bond acceptors (Lipinski definition) is 4. The van der Waals surface area contributed by atoms with Crippen molar-refractivity contribution < 1.29 is 14.3 Å². The van der Waals surface area contributed by atoms with Crippen LogP contribution in [0.3, 0.4) is 0 Å². The SMILES string of the molecule is CC(C)(C)OC(=O)N1CC2C3C=CC(O3)C2C1C#N. The highest BCUT2D eigenvalue weighted by atomic mass is 16.6. The second-order valence-electron chi connectivity index (χ2n) is 6.40. The van der Waals surface area contributed by atoms with E-state index < -0.39 is 17.7 Å². The second-order valence-corrected chi connectivity index (χ2v) is 6.40. The van der Waals surface area contributed by atoms with Gasteiger partial charge in [-0.1, -0.05) is 12.2 Å². The fraction of sp³-hybridized carbons (Fsp3) is 0.714. The number of hydrogen-bond donors (Lipinski definition) is 0. The van der Waals surface area contributed by atoms with Crippen LogP contribution in [0.15, 0.2) is 12.2 Å². The van der Waals surface area contributed by atoms with E-state index in [2.05, 4.69) is 6.07 Å². The molecule has 3 aliphatic rings. The molecule has 5 heteroatoms. The Hall–Kier alpha value is -1.54. The molecule has 0 saturated carbocycles. The number of fused-ring (bicyclic) bond motifs is 5. The summed E-state index contributed by atoms with van der Waals surface area (Å²) in [7, 11) is 0. The summed E-state index contributed by atoms with van der Waals surface area (Å²) in [6.45, 7) is 6.04. The number of ether oxygens (including phenoxy) is 2. The summed E-state index contributed by atoms with van der Waals surface area (Å²) >= 11 is 0. The number of carbonyl (C=O) groups excluding carboxylic acids is 1. The molecule has 0 aliphatic carbocycles. The normalized spacial score (nSPS) is 39.3. The molecule has 5 atom stereocenters. The fourth-order valence-electron chi connectivity index (χ4n) is 3.27. The van der Waals surface area contributed by atoms with E-state index in [4.69, 9.17) is 9.47 Å². The summed E-state index contributed by atoms with van der Waals surface area (Å²) in [6.07, 6.45) is 3.69. The number of amides is 1. The van der Waals surface area contributed by atoms with E-state index >= 15 is 0 Å². The Kier molecular flexibility index (Phi) is 2.61. The van der Waals surface area contributed by atoms with Crippen molar-refractivity contribution in [3.63, 3.8) is 0 Å². The van der Waals surface area contributed by atoms with Crippen LogP contribution in [0.1, 0.15) is 20.8 Å². The Balaban J connectivity index is 1.79. The molecule has 0 spiro atoms. The number of likely N-dealkylation sites (tertiary alicyclic amines) is 1. The van der Waals surface area contributed by atoms with E-state index in [9.17, 15) is 10.1 Å². The Morgan fingerprint density at radius 3 is 2.74 bits per heavy atom. The van der Waals surface area contributed by atoms with Gasteiger partial charge in [-0.3, -0.25) is 4.90 Å². The first-order valence-electron chi connectivity index (χ1n) is 6.64. The molecule has 5 nitrogen and oxygen atoms in total. The number of carbonyl (C=O) groups is 1. The van der Waals surface area contributed by atoms with Gasteiger partial charge in [-0.05, 0) is 20.8 Å². The second kappa shape index (κ2) is 3.97. The predicted octanol–water partition coefficient (Wildman–Crippen LogP) is 1.70. The molecule has 19 heavy (non-hydrogen) atoms. The Morgan fingerprint density at radius 1 is 1.42 bits per heavy atom. The van der Waals surface area contributed by atoms with E-state index in [0.717, 1.165) is 0 Å². The molecule has 0 radical (unpaired) electrons. The van der Waals surface area contributed by atoms with Gasteiger partial charge in [-0.15, -0.1) is 0 Å². The average Bonchev–Trinajstić information content (AvgIpc) is 2.97. The molecule has 2 saturated heterocycles. The van der Waals surface area contributed by atoms with Gasteiger partial charge in [0.25, 0.3) is 0 Å². The van der Waals surface area contributed by atoms with Crippen LogP contribution in [0, 0.1) is 23.2 Å². The summed E-state index contributed by atoms with van der Waals surface area (Å²) in [5.41, 5.74) is -0.539. The first-order valence-corrected chi connectivity index (χ1v) is 6.64. The van der Waals surface area contributed by atoms with Crippen LogP contribution in [-0.4, -0.2) is 41.4 Å². The Labute approximate surface area is 112 Å². The van der Waals surface area contributed by atoms with Crippen molar-refractivity contribution in [3.8, 4) is 6.07 Å². The fourth-order valence-corrected chi connectivity index (χ4v) is 3.27. The minimum Gasteiger partial charge on any atom is -0.444 e. The molecule has 3 rings (SSSR count). The number of nitrogens with zero attached hydrogens (tertiary/aromatic N) is 2. The zero-order valence-corrected chi connectivity index (χ0v) is 11.4. The van der Waals surface area contributed by atoms with Gasteiger partial charge < -0.3 is 9.47 Å². The number of rotatable bonds is 0. The van der Waals surface area contributed by atoms with Crippen molar-refractivity contribution in [3.05, 3.63) is 12.2 Å². The van der Waals surface area contributed by atoms with E-state index in [1.165, 1.54) is 0 Å². The lowest BCUT2D eigenvalue weighted by atomic mass is 9.82. The molecular formula is C14H18N2O3. The van der Waals surface area contributed by atoms with Gasteiger partial charge >= 0.3 is 6.09 Å². The quantitative estimate of drug-likeness (QED) is 0.623. The van der Waals surface area contributed by atoms with E-state index in [0.29, 0.717) is 6.54 Å². The maximum Gasteiger partial charge on any atom is 0.411 e. The van der Waals surface area contributed by atoms with Crippen molar-refractivity contribution in [2.24, 2.45) is 11.8 Å². The molecule has 5 unspecified atom stereocenters. The van der Waals surface area contributed by atoms with Crippen LogP contribution >= 0.6 is 0 Å². The highest BCUT2D eigenvalue weighted by Crippen LogP contribution is 2.47. The van der Waals surface area contributed by atoms with Gasteiger partial charge in [0.05, 0.1) is 18.3 Å². The largest absolute Gasteiger partial charge is 0.444 e. The molecule has 2 fully saturated rings. The standard InChI is InChI=1S/C14H18N2O3/c1-14(2,3)19-13(17)16-7-8-10-4-5-11(18-10)12(8)9(16)6-15/h4-5,8-12H,7H2,1-3H3. The van der Waals surface area contributed by atoms with Gasteiger partial charge in [0.1, 0.15) is 11.6 Å². The first-order chi connectivity index (χ1) is 8.90. The van der Waals surface area contributed by atoms with Crippen LogP contribution in [0.25, 0.3) is 0 Å². The van der Waals surface area contributed by atoms with Crippen LogP contribution in [0.5, 0.6) is 0 Å². The van der Waals surface area contributed by atoms with Crippen molar-refractivity contribution in [1.29, 1.82) is 5.26 Å². The molecule has 0 N–H and O–H groups in total. The minimum absolute atomic E-state index is 0.0212. The first kappa shape index (κ1) is 12.5. The summed E-state index contributed by atoms with van der Waals surface area (Å²) < 4.78 is 11.1. The highest BCUT2D eigenvalue weighted by molar-refractivity contribution is 5.70. The molecule has 1 amide bonds. The van der Waals surface area contributed by atoms with Gasteiger partial charge in [-0.2, -0.15) is 5.26 Å². The van der Waals surface area contributed by atoms with Gasteiger partial charge in [-0.25, -0.2) is 4.79 Å². The molecule has 0 aromatic carbocycles. The van der Waals surface area contributed by atoms with Crippen molar-refractivity contribution in [2.45, 2.75) is 44.6 Å². The zero-order chi connectivity index (χ0) is 13.8. The Morgan fingerprint density at radius 2 is 2.11 bits per heavy atom. The van der Waals surface area contributed by atoms with E-state index in [1.807, 2.05) is 32.9 Å². The molecular weight excluding hydrogens is 244 g/mol. The van der Waals surface area contributed by atoms with Crippen molar-refractivity contribution >= 4 is 6.09 Å². The molecule has 0 aromatic heterocycles. The van der Waals surface area contributed by atoms with Gasteiger partial charge in [0.2, 0.25) is 0 Å². The van der Waals surface area contributed by atoms with Crippen LogP contribution in [-0.2, 0) is 9.47 Å². The van der Waals surface area contributed by atoms with Crippen LogP contribution in [0.2, 0.25) is 0 Å². The van der Waals surface area contributed by atoms with Gasteiger partial charge in [0.15, 0.2) is 0 Å². The maximum atomic E-state index is 12.2. The average molecular weight is 262 g/mol. The molecule has 3 aliphatic heterocycles. The zero-order valence-electron chi connectivity index (χ0n) is 11.4. The molecule has 2 bridgehead atoms. The summed E-state index contributed by atoms with van der Waals surface area (Å²) in [4.78, 5) is 13.8. The predicted molar refractivity (Wildman–Crippen MR) is 67.1 cm³/mol. The molecule has 0 aromatic rings. The van der Waals surface area contributed by atoms with E-state index in [1.54, 1.807) is 4.90 Å². The molecule has 3 heterocycles. The van der Waals surface area contributed by atoms with Crippen LogP contribution in [0.4, 0.5) is 4.79 Å². The Bertz CT molecular complexity index is 474. The monoisotopic (exact) mass is 262 g/mol. The molecule has 102 valence electrons. The van der Waals surface area contributed by atoms with Crippen molar-refractivity contribution in [1.82, 2.24) is 4.90 Å². The minimum atomic E-state index is -0.539.